The van der Waals surface area contributed by atoms with E-state index in [4.69, 9.17) is 9.40 Å². The van der Waals surface area contributed by atoms with E-state index in [-0.39, 0.29) is 17.2 Å². The largest absolute Gasteiger partial charge is 0.459 e. The van der Waals surface area contributed by atoms with Gasteiger partial charge in [0.1, 0.15) is 5.82 Å². The fourth-order valence-corrected chi connectivity index (χ4v) is 4.06. The molecule has 1 unspecified atom stereocenters. The quantitative estimate of drug-likeness (QED) is 0.329. The third-order valence-corrected chi connectivity index (χ3v) is 5.93. The van der Waals surface area contributed by atoms with Gasteiger partial charge in [-0.05, 0) is 56.7 Å². The van der Waals surface area contributed by atoms with Crippen LogP contribution < -0.4 is 5.56 Å². The van der Waals surface area contributed by atoms with Crippen molar-refractivity contribution in [3.05, 3.63) is 94.4 Å². The molecule has 0 aliphatic carbocycles. The molecule has 0 spiro atoms. The van der Waals surface area contributed by atoms with E-state index in [1.54, 1.807) is 27.7 Å². The number of benzene rings is 2. The maximum atomic E-state index is 13.6. The number of fused-ring (bicyclic) bond motifs is 1. The SMILES string of the molecule is CCCCCN(C(=O)c1ccco1)C(C)c1nc2ccccc2c(=O)n1-c1ccc(C)cc1. The normalized spacial score (nSPS) is 12.1. The standard InChI is InChI=1S/C27H29N3O3/c1-4-5-8-17-29(27(32)24-12-9-18-33-24)20(3)25-28-23-11-7-6-10-22(23)26(31)30(25)21-15-13-19(2)14-16-21/h6-7,9-16,18,20H,4-5,8,17H2,1-3H3. The van der Waals surface area contributed by atoms with Gasteiger partial charge in [-0.25, -0.2) is 4.98 Å². The zero-order valence-electron chi connectivity index (χ0n) is 19.3. The smallest absolute Gasteiger partial charge is 0.290 e. The Balaban J connectivity index is 1.87. The lowest BCUT2D eigenvalue weighted by atomic mass is 10.1. The van der Waals surface area contributed by atoms with E-state index >= 15 is 0 Å². The molecule has 0 saturated carbocycles. The Morgan fingerprint density at radius 1 is 1.06 bits per heavy atom. The second-order valence-corrected chi connectivity index (χ2v) is 8.32. The maximum Gasteiger partial charge on any atom is 0.290 e. The van der Waals surface area contributed by atoms with E-state index < -0.39 is 6.04 Å². The second kappa shape index (κ2) is 9.86. The van der Waals surface area contributed by atoms with Crippen LogP contribution in [0.25, 0.3) is 16.6 Å². The Morgan fingerprint density at radius 3 is 2.52 bits per heavy atom. The Hall–Kier alpha value is -3.67. The summed E-state index contributed by atoms with van der Waals surface area (Å²) in [6, 6.07) is 18.0. The van der Waals surface area contributed by atoms with Gasteiger partial charge < -0.3 is 9.32 Å². The molecule has 1 amide bonds. The molecule has 2 heterocycles. The van der Waals surface area contributed by atoms with Crippen molar-refractivity contribution in [3.8, 4) is 5.69 Å². The number of para-hydroxylation sites is 1. The summed E-state index contributed by atoms with van der Waals surface area (Å²) in [5.74, 6) is 0.601. The molecule has 0 aliphatic heterocycles. The van der Waals surface area contributed by atoms with Gasteiger partial charge in [-0.2, -0.15) is 0 Å². The van der Waals surface area contributed by atoms with Crippen LogP contribution in [0.4, 0.5) is 0 Å². The maximum absolute atomic E-state index is 13.6. The summed E-state index contributed by atoms with van der Waals surface area (Å²) in [7, 11) is 0. The van der Waals surface area contributed by atoms with E-state index in [9.17, 15) is 9.59 Å². The summed E-state index contributed by atoms with van der Waals surface area (Å²) in [6.45, 7) is 6.60. The second-order valence-electron chi connectivity index (χ2n) is 8.32. The number of nitrogens with zero attached hydrogens (tertiary/aromatic N) is 3. The molecule has 33 heavy (non-hydrogen) atoms. The van der Waals surface area contributed by atoms with Crippen molar-refractivity contribution < 1.29 is 9.21 Å². The van der Waals surface area contributed by atoms with Crippen molar-refractivity contribution >= 4 is 16.8 Å². The van der Waals surface area contributed by atoms with Crippen molar-refractivity contribution in [2.45, 2.75) is 46.1 Å². The first-order valence-corrected chi connectivity index (χ1v) is 11.4. The summed E-state index contributed by atoms with van der Waals surface area (Å²) >= 11 is 0. The molecule has 2 aromatic heterocycles. The van der Waals surface area contributed by atoms with Crippen molar-refractivity contribution in [2.75, 3.05) is 6.54 Å². The van der Waals surface area contributed by atoms with Gasteiger partial charge in [-0.3, -0.25) is 14.2 Å². The first kappa shape index (κ1) is 22.5. The van der Waals surface area contributed by atoms with Crippen LogP contribution in [0.15, 0.2) is 76.1 Å². The Morgan fingerprint density at radius 2 is 1.82 bits per heavy atom. The van der Waals surface area contributed by atoms with Crippen molar-refractivity contribution in [1.29, 1.82) is 0 Å². The number of hydrogen-bond donors (Lipinski definition) is 0. The highest BCUT2D eigenvalue weighted by Crippen LogP contribution is 2.25. The van der Waals surface area contributed by atoms with Crippen LogP contribution >= 0.6 is 0 Å². The Kier molecular flexibility index (Phi) is 6.73. The number of amides is 1. The van der Waals surface area contributed by atoms with Gasteiger partial charge in [-0.1, -0.05) is 49.6 Å². The molecule has 4 rings (SSSR count). The molecule has 2 aromatic carbocycles. The predicted octanol–water partition coefficient (Wildman–Crippen LogP) is 5.68. The van der Waals surface area contributed by atoms with Crippen molar-refractivity contribution in [1.82, 2.24) is 14.5 Å². The topological polar surface area (TPSA) is 68.3 Å². The molecule has 0 saturated heterocycles. The van der Waals surface area contributed by atoms with Crippen LogP contribution in [-0.2, 0) is 0 Å². The minimum atomic E-state index is -0.446. The highest BCUT2D eigenvalue weighted by Gasteiger charge is 2.28. The lowest BCUT2D eigenvalue weighted by molar-refractivity contribution is 0.0644. The number of carbonyl (C=O) groups is 1. The van der Waals surface area contributed by atoms with Gasteiger partial charge in [0.05, 0.1) is 28.9 Å². The van der Waals surface area contributed by atoms with Crippen LogP contribution in [-0.4, -0.2) is 26.9 Å². The number of carbonyl (C=O) groups excluding carboxylic acids is 1. The molecule has 1 atom stereocenters. The molecule has 6 heteroatoms. The number of rotatable bonds is 8. The van der Waals surface area contributed by atoms with Gasteiger partial charge in [0.2, 0.25) is 0 Å². The zero-order valence-corrected chi connectivity index (χ0v) is 19.3. The summed E-state index contributed by atoms with van der Waals surface area (Å²) in [5, 5.41) is 0.545. The lowest BCUT2D eigenvalue weighted by Crippen LogP contribution is -2.38. The summed E-state index contributed by atoms with van der Waals surface area (Å²) in [5.41, 5.74) is 2.30. The first-order chi connectivity index (χ1) is 16.0. The summed E-state index contributed by atoms with van der Waals surface area (Å²) in [4.78, 5) is 33.6. The molecule has 170 valence electrons. The van der Waals surface area contributed by atoms with Crippen LogP contribution in [0.5, 0.6) is 0 Å². The number of hydrogen-bond acceptors (Lipinski definition) is 4. The third kappa shape index (κ3) is 4.60. The Labute approximate surface area is 193 Å². The average molecular weight is 444 g/mol. The van der Waals surface area contributed by atoms with Crippen LogP contribution in [0, 0.1) is 6.92 Å². The zero-order chi connectivity index (χ0) is 23.4. The molecule has 6 nitrogen and oxygen atoms in total. The van der Waals surface area contributed by atoms with E-state index in [0.29, 0.717) is 23.3 Å². The van der Waals surface area contributed by atoms with Crippen LogP contribution in [0.2, 0.25) is 0 Å². The van der Waals surface area contributed by atoms with E-state index in [0.717, 1.165) is 30.5 Å². The summed E-state index contributed by atoms with van der Waals surface area (Å²) < 4.78 is 7.04. The minimum absolute atomic E-state index is 0.148. The van der Waals surface area contributed by atoms with E-state index in [2.05, 4.69) is 6.92 Å². The van der Waals surface area contributed by atoms with Gasteiger partial charge >= 0.3 is 0 Å². The fraction of sp³-hybridized carbons (Fsp3) is 0.296. The van der Waals surface area contributed by atoms with Gasteiger partial charge in [0.15, 0.2) is 5.76 Å². The Bertz CT molecular complexity index is 1290. The van der Waals surface area contributed by atoms with Crippen LogP contribution in [0.1, 0.15) is 61.1 Å². The predicted molar refractivity (Wildman–Crippen MR) is 130 cm³/mol. The monoisotopic (exact) mass is 443 g/mol. The summed E-state index contributed by atoms with van der Waals surface area (Å²) in [6.07, 6.45) is 4.40. The first-order valence-electron chi connectivity index (χ1n) is 11.4. The number of aromatic nitrogens is 2. The number of unbranched alkanes of at least 4 members (excludes halogenated alkanes) is 2. The van der Waals surface area contributed by atoms with Gasteiger partial charge in [-0.15, -0.1) is 0 Å². The third-order valence-electron chi connectivity index (χ3n) is 5.93. The molecule has 0 fully saturated rings. The lowest BCUT2D eigenvalue weighted by Gasteiger charge is -2.30. The van der Waals surface area contributed by atoms with Gasteiger partial charge in [0, 0.05) is 6.54 Å². The highest BCUT2D eigenvalue weighted by molar-refractivity contribution is 5.91. The molecule has 0 aliphatic rings. The molecule has 0 bridgehead atoms. The fourth-order valence-electron chi connectivity index (χ4n) is 4.06. The van der Waals surface area contributed by atoms with Crippen molar-refractivity contribution in [3.63, 3.8) is 0 Å². The highest BCUT2D eigenvalue weighted by atomic mass is 16.3. The molecule has 4 aromatic rings. The van der Waals surface area contributed by atoms with E-state index in [1.807, 2.05) is 56.3 Å². The molecular weight excluding hydrogens is 414 g/mol. The molecule has 0 radical (unpaired) electrons. The molecular formula is C27H29N3O3. The minimum Gasteiger partial charge on any atom is -0.459 e. The molecule has 0 N–H and O–H groups in total. The number of aryl methyl sites for hydroxylation is 1. The number of furan rings is 1. The van der Waals surface area contributed by atoms with Crippen molar-refractivity contribution in [2.24, 2.45) is 0 Å². The van der Waals surface area contributed by atoms with E-state index in [1.165, 1.54) is 6.26 Å². The van der Waals surface area contributed by atoms with Gasteiger partial charge in [0.25, 0.3) is 11.5 Å². The van der Waals surface area contributed by atoms with Crippen LogP contribution in [0.3, 0.4) is 0 Å². The average Bonchev–Trinajstić information content (AvgIpc) is 3.37.